The van der Waals surface area contributed by atoms with E-state index in [4.69, 9.17) is 5.21 Å². The normalized spacial score (nSPS) is 22.4. The van der Waals surface area contributed by atoms with E-state index in [0.717, 1.165) is 29.5 Å². The van der Waals surface area contributed by atoms with Gasteiger partial charge in [0.25, 0.3) is 11.8 Å². The van der Waals surface area contributed by atoms with Gasteiger partial charge in [0.2, 0.25) is 0 Å². The minimum Gasteiger partial charge on any atom is -0.391 e. The third-order valence-electron chi connectivity index (χ3n) is 6.92. The highest BCUT2D eigenvalue weighted by molar-refractivity contribution is 5.97. The van der Waals surface area contributed by atoms with Crippen LogP contribution in [-0.4, -0.2) is 40.3 Å². The summed E-state index contributed by atoms with van der Waals surface area (Å²) < 4.78 is 0. The summed E-state index contributed by atoms with van der Waals surface area (Å²) in [6.45, 7) is 2.24. The molecule has 2 aromatic carbocycles. The number of hydroxylamine groups is 1. The maximum atomic E-state index is 12.4. The van der Waals surface area contributed by atoms with E-state index in [9.17, 15) is 14.7 Å². The average molecular weight is 462 g/mol. The zero-order chi connectivity index (χ0) is 24.1. The fraction of sp³-hybridized carbons (Fsp3) is 0.407. The van der Waals surface area contributed by atoms with Gasteiger partial charge in [0, 0.05) is 29.3 Å². The van der Waals surface area contributed by atoms with E-state index < -0.39 is 24.0 Å². The second-order valence-corrected chi connectivity index (χ2v) is 9.35. The molecule has 5 N–H and O–H groups in total. The molecule has 178 valence electrons. The van der Waals surface area contributed by atoms with Crippen molar-refractivity contribution in [3.05, 3.63) is 70.8 Å². The predicted octanol–water partition coefficient (Wildman–Crippen LogP) is 2.35. The molecule has 0 radical (unpaired) electrons. The number of rotatable bonds is 7. The van der Waals surface area contributed by atoms with Gasteiger partial charge in [-0.25, -0.2) is 5.48 Å². The lowest BCUT2D eigenvalue weighted by Gasteiger charge is -2.23. The van der Waals surface area contributed by atoms with Crippen LogP contribution in [0.15, 0.2) is 48.5 Å². The maximum Gasteiger partial charge on any atom is 0.268 e. The number of amides is 2. The maximum absolute atomic E-state index is 12.4. The number of aliphatic hydroxyl groups is 1. The van der Waals surface area contributed by atoms with Crippen molar-refractivity contribution in [2.24, 2.45) is 11.8 Å². The van der Waals surface area contributed by atoms with E-state index in [1.54, 1.807) is 24.3 Å². The van der Waals surface area contributed by atoms with Crippen molar-refractivity contribution >= 4 is 11.8 Å². The molecular weight excluding hydrogens is 430 g/mol. The van der Waals surface area contributed by atoms with E-state index in [0.29, 0.717) is 11.6 Å². The van der Waals surface area contributed by atoms with Gasteiger partial charge in [0.15, 0.2) is 0 Å². The molecule has 2 amide bonds. The van der Waals surface area contributed by atoms with Crippen molar-refractivity contribution in [2.75, 3.05) is 0 Å². The van der Waals surface area contributed by atoms with Gasteiger partial charge in [-0.05, 0) is 80.0 Å². The molecule has 5 atom stereocenters. The smallest absolute Gasteiger partial charge is 0.268 e. The first-order chi connectivity index (χ1) is 16.4. The van der Waals surface area contributed by atoms with Crippen molar-refractivity contribution in [1.29, 1.82) is 0 Å². The molecule has 0 saturated heterocycles. The van der Waals surface area contributed by atoms with Crippen LogP contribution in [0.2, 0.25) is 0 Å². The third kappa shape index (κ3) is 5.84. The van der Waals surface area contributed by atoms with Gasteiger partial charge < -0.3 is 15.7 Å². The Labute approximate surface area is 199 Å². The topological polar surface area (TPSA) is 111 Å². The quantitative estimate of drug-likeness (QED) is 0.247. The molecule has 0 spiro atoms. The highest BCUT2D eigenvalue weighted by atomic mass is 16.5. The molecule has 4 rings (SSSR count). The molecule has 0 unspecified atom stereocenters. The van der Waals surface area contributed by atoms with Crippen LogP contribution in [0.1, 0.15) is 59.7 Å². The van der Waals surface area contributed by atoms with Crippen LogP contribution >= 0.6 is 0 Å². The zero-order valence-corrected chi connectivity index (χ0v) is 19.3. The fourth-order valence-corrected chi connectivity index (χ4v) is 5.00. The number of nitrogens with one attached hydrogen (secondary N) is 3. The van der Waals surface area contributed by atoms with Crippen LogP contribution in [0, 0.1) is 23.7 Å². The lowest BCUT2D eigenvalue weighted by Crippen LogP contribution is -2.51. The van der Waals surface area contributed by atoms with Crippen LogP contribution < -0.4 is 16.1 Å². The van der Waals surface area contributed by atoms with E-state index in [1.165, 1.54) is 43.7 Å². The van der Waals surface area contributed by atoms with E-state index >= 15 is 0 Å². The summed E-state index contributed by atoms with van der Waals surface area (Å²) in [5, 5.41) is 24.5. The lowest BCUT2D eigenvalue weighted by molar-refractivity contribution is -0.133. The van der Waals surface area contributed by atoms with E-state index in [2.05, 4.69) is 34.6 Å². The molecular formula is C27H31N3O4. The molecule has 2 bridgehead atoms. The van der Waals surface area contributed by atoms with Crippen molar-refractivity contribution in [1.82, 2.24) is 16.1 Å². The molecule has 2 saturated carbocycles. The number of carbonyl (C=O) groups excluding carboxylic acids is 2. The van der Waals surface area contributed by atoms with Crippen LogP contribution in [0.5, 0.6) is 0 Å². The van der Waals surface area contributed by atoms with Gasteiger partial charge >= 0.3 is 0 Å². The first-order valence-electron chi connectivity index (χ1n) is 11.8. The molecule has 2 aliphatic carbocycles. The van der Waals surface area contributed by atoms with Crippen molar-refractivity contribution in [3.8, 4) is 11.8 Å². The van der Waals surface area contributed by atoms with Crippen LogP contribution in [0.4, 0.5) is 0 Å². The van der Waals surface area contributed by atoms with Gasteiger partial charge in [-0.3, -0.25) is 14.8 Å². The third-order valence-corrected chi connectivity index (χ3v) is 6.92. The number of fused-ring (bicyclic) bond motifs is 2. The number of benzene rings is 2. The van der Waals surface area contributed by atoms with Crippen LogP contribution in [-0.2, 0) is 11.3 Å². The molecule has 2 aliphatic rings. The van der Waals surface area contributed by atoms with Gasteiger partial charge in [0.05, 0.1) is 6.10 Å². The minimum atomic E-state index is -1.26. The van der Waals surface area contributed by atoms with Crippen molar-refractivity contribution in [3.63, 3.8) is 0 Å². The molecule has 2 aromatic rings. The summed E-state index contributed by atoms with van der Waals surface area (Å²) >= 11 is 0. The number of hydrogen-bond acceptors (Lipinski definition) is 5. The Morgan fingerprint density at radius 1 is 1.00 bits per heavy atom. The Kier molecular flexibility index (Phi) is 7.63. The second-order valence-electron chi connectivity index (χ2n) is 9.35. The molecule has 7 nitrogen and oxygen atoms in total. The standard InChI is InChI=1S/C27H31N3O4/c1-17(31)25(27(33)30-34)29-26(32)22-11-8-19(9-12-22)3-2-18-4-6-20(7-5-18)16-28-24-15-21-10-13-23(24)14-21/h4-9,11-12,17,21,23-25,28,31,34H,10,13-16H2,1H3,(H,29,32)(H,30,33)/t17-,21-,23-,24-,25+/m1/s1. The first kappa shape index (κ1) is 24.0. The number of aliphatic hydroxyl groups excluding tert-OH is 1. The molecule has 7 heteroatoms. The molecule has 34 heavy (non-hydrogen) atoms. The highest BCUT2D eigenvalue weighted by Crippen LogP contribution is 2.44. The summed E-state index contributed by atoms with van der Waals surface area (Å²) in [5.74, 6) is 6.62. The zero-order valence-electron chi connectivity index (χ0n) is 19.3. The lowest BCUT2D eigenvalue weighted by atomic mass is 9.95. The van der Waals surface area contributed by atoms with Gasteiger partial charge in [0.1, 0.15) is 6.04 Å². The average Bonchev–Trinajstić information content (AvgIpc) is 3.48. The Bertz CT molecular complexity index is 1070. The first-order valence-corrected chi connectivity index (χ1v) is 11.8. The predicted molar refractivity (Wildman–Crippen MR) is 128 cm³/mol. The number of hydrogen-bond donors (Lipinski definition) is 5. The van der Waals surface area contributed by atoms with E-state index in [-0.39, 0.29) is 0 Å². The molecule has 0 aromatic heterocycles. The summed E-state index contributed by atoms with van der Waals surface area (Å²) in [7, 11) is 0. The van der Waals surface area contributed by atoms with Gasteiger partial charge in [-0.1, -0.05) is 30.4 Å². The summed E-state index contributed by atoms with van der Waals surface area (Å²) in [4.78, 5) is 23.9. The second kappa shape index (κ2) is 10.8. The largest absolute Gasteiger partial charge is 0.391 e. The van der Waals surface area contributed by atoms with Crippen LogP contribution in [0.3, 0.4) is 0 Å². The summed E-state index contributed by atoms with van der Waals surface area (Å²) in [6, 6.07) is 14.3. The van der Waals surface area contributed by atoms with E-state index in [1.807, 2.05) is 12.1 Å². The Morgan fingerprint density at radius 2 is 1.65 bits per heavy atom. The monoisotopic (exact) mass is 461 g/mol. The Morgan fingerprint density at radius 3 is 2.18 bits per heavy atom. The van der Waals surface area contributed by atoms with Gasteiger partial charge in [-0.2, -0.15) is 0 Å². The summed E-state index contributed by atoms with van der Waals surface area (Å²) in [6.07, 6.45) is 4.36. The van der Waals surface area contributed by atoms with Crippen molar-refractivity contribution in [2.45, 2.75) is 57.3 Å². The summed E-state index contributed by atoms with van der Waals surface area (Å²) in [5.41, 5.74) is 4.68. The number of carbonyl (C=O) groups is 2. The fourth-order valence-electron chi connectivity index (χ4n) is 5.00. The molecule has 0 heterocycles. The Balaban J connectivity index is 1.30. The Hall–Kier alpha value is -3.18. The van der Waals surface area contributed by atoms with Gasteiger partial charge in [-0.15, -0.1) is 0 Å². The van der Waals surface area contributed by atoms with Crippen LogP contribution in [0.25, 0.3) is 0 Å². The van der Waals surface area contributed by atoms with Crippen molar-refractivity contribution < 1.29 is 19.9 Å². The SMILES string of the molecule is C[C@@H](O)[C@H](NC(=O)c1ccc(C#Cc2ccc(CN[C@@H]3C[C@@H]4CC[C@@H]3C4)cc2)cc1)C(=O)NO. The minimum absolute atomic E-state index is 0.314. The molecule has 0 aliphatic heterocycles. The highest BCUT2D eigenvalue weighted by Gasteiger charge is 2.38. The molecule has 2 fully saturated rings.